The monoisotopic (exact) mass is 341 g/mol. The number of esters is 1. The molecule has 0 saturated heterocycles. The molecule has 1 amide bonds. The van der Waals surface area contributed by atoms with Gasteiger partial charge in [0.2, 0.25) is 0 Å². The minimum atomic E-state index is -0.374. The zero-order valence-corrected chi connectivity index (χ0v) is 14.8. The van der Waals surface area contributed by atoms with Crippen molar-refractivity contribution in [2.45, 2.75) is 20.8 Å². The van der Waals surface area contributed by atoms with Crippen molar-refractivity contribution < 1.29 is 14.3 Å². The van der Waals surface area contributed by atoms with E-state index in [9.17, 15) is 9.59 Å². The van der Waals surface area contributed by atoms with Gasteiger partial charge in [0.1, 0.15) is 0 Å². The standard InChI is InChI=1S/C19H23N3O3/c1-4-22(5-2)17-12-14(19(24)25-6-3)9-10-16(17)21-18(23)15-8-7-11-20-13-15/h7-13H,4-6H2,1-3H3,(H,21,23). The van der Waals surface area contributed by atoms with Crippen molar-refractivity contribution in [1.82, 2.24) is 4.98 Å². The molecular formula is C19H23N3O3. The Hall–Kier alpha value is -2.89. The number of amides is 1. The van der Waals surface area contributed by atoms with Gasteiger partial charge in [0.05, 0.1) is 29.1 Å². The average Bonchev–Trinajstić information content (AvgIpc) is 2.64. The summed E-state index contributed by atoms with van der Waals surface area (Å²) >= 11 is 0. The van der Waals surface area contributed by atoms with Crippen LogP contribution in [-0.4, -0.2) is 36.6 Å². The molecule has 1 N–H and O–H groups in total. The van der Waals surface area contributed by atoms with Crippen LogP contribution in [0.2, 0.25) is 0 Å². The lowest BCUT2D eigenvalue weighted by Crippen LogP contribution is -2.24. The third kappa shape index (κ3) is 4.56. The highest BCUT2D eigenvalue weighted by atomic mass is 16.5. The summed E-state index contributed by atoms with van der Waals surface area (Å²) in [5.74, 6) is -0.619. The van der Waals surface area contributed by atoms with Crippen LogP contribution in [0, 0.1) is 0 Å². The number of ether oxygens (including phenoxy) is 1. The van der Waals surface area contributed by atoms with Crippen molar-refractivity contribution in [1.29, 1.82) is 0 Å². The number of aromatic nitrogens is 1. The second-order valence-corrected chi connectivity index (χ2v) is 5.32. The van der Waals surface area contributed by atoms with Crippen molar-refractivity contribution in [3.63, 3.8) is 0 Å². The second-order valence-electron chi connectivity index (χ2n) is 5.32. The SMILES string of the molecule is CCOC(=O)c1ccc(NC(=O)c2cccnc2)c(N(CC)CC)c1. The molecule has 132 valence electrons. The van der Waals surface area contributed by atoms with Crippen LogP contribution in [0.5, 0.6) is 0 Å². The number of nitrogens with one attached hydrogen (secondary N) is 1. The third-order valence-corrected chi connectivity index (χ3v) is 3.78. The number of hydrogen-bond acceptors (Lipinski definition) is 5. The third-order valence-electron chi connectivity index (χ3n) is 3.78. The van der Waals surface area contributed by atoms with Crippen molar-refractivity contribution >= 4 is 23.3 Å². The minimum absolute atomic E-state index is 0.245. The summed E-state index contributed by atoms with van der Waals surface area (Å²) in [6.45, 7) is 7.63. The molecule has 1 heterocycles. The Bertz CT molecular complexity index is 728. The van der Waals surface area contributed by atoms with E-state index in [0.29, 0.717) is 23.4 Å². The van der Waals surface area contributed by atoms with Gasteiger partial charge in [-0.15, -0.1) is 0 Å². The Labute approximate surface area is 147 Å². The van der Waals surface area contributed by atoms with Crippen LogP contribution >= 0.6 is 0 Å². The molecule has 0 atom stereocenters. The van der Waals surface area contributed by atoms with Crippen molar-refractivity contribution in [2.75, 3.05) is 29.9 Å². The van der Waals surface area contributed by atoms with Gasteiger partial charge in [0, 0.05) is 25.5 Å². The summed E-state index contributed by atoms with van der Waals surface area (Å²) in [7, 11) is 0. The molecule has 0 unspecified atom stereocenters. The van der Waals surface area contributed by atoms with Crippen LogP contribution in [0.15, 0.2) is 42.7 Å². The molecule has 6 nitrogen and oxygen atoms in total. The summed E-state index contributed by atoms with van der Waals surface area (Å²) in [6.07, 6.45) is 3.13. The highest BCUT2D eigenvalue weighted by Crippen LogP contribution is 2.28. The normalized spacial score (nSPS) is 10.2. The molecule has 2 rings (SSSR count). The number of carbonyl (C=O) groups is 2. The molecule has 0 spiro atoms. The van der Waals surface area contributed by atoms with E-state index in [4.69, 9.17) is 4.74 Å². The summed E-state index contributed by atoms with van der Waals surface area (Å²) in [4.78, 5) is 30.5. The van der Waals surface area contributed by atoms with Gasteiger partial charge >= 0.3 is 5.97 Å². The Morgan fingerprint density at radius 3 is 2.48 bits per heavy atom. The number of carbonyl (C=O) groups excluding carboxylic acids is 2. The van der Waals surface area contributed by atoms with Crippen LogP contribution < -0.4 is 10.2 Å². The molecule has 0 bridgehead atoms. The maximum Gasteiger partial charge on any atom is 0.338 e. The second kappa shape index (κ2) is 8.82. The van der Waals surface area contributed by atoms with Gasteiger partial charge in [-0.2, -0.15) is 0 Å². The van der Waals surface area contributed by atoms with E-state index in [1.165, 1.54) is 6.20 Å². The predicted octanol–water partition coefficient (Wildman–Crippen LogP) is 3.36. The van der Waals surface area contributed by atoms with Gasteiger partial charge in [-0.1, -0.05) is 0 Å². The first-order chi connectivity index (χ1) is 12.1. The predicted molar refractivity (Wildman–Crippen MR) is 98.1 cm³/mol. The zero-order chi connectivity index (χ0) is 18.2. The fourth-order valence-corrected chi connectivity index (χ4v) is 2.50. The fourth-order valence-electron chi connectivity index (χ4n) is 2.50. The summed E-state index contributed by atoms with van der Waals surface area (Å²) in [5.41, 5.74) is 2.36. The van der Waals surface area contributed by atoms with Crippen molar-refractivity contribution in [2.24, 2.45) is 0 Å². The highest BCUT2D eigenvalue weighted by molar-refractivity contribution is 6.06. The fraction of sp³-hybridized carbons (Fsp3) is 0.316. The van der Waals surface area contributed by atoms with E-state index >= 15 is 0 Å². The van der Waals surface area contributed by atoms with Gasteiger partial charge in [-0.05, 0) is 51.1 Å². The van der Waals surface area contributed by atoms with Crippen LogP contribution in [0.4, 0.5) is 11.4 Å². The molecule has 2 aromatic rings. The minimum Gasteiger partial charge on any atom is -0.462 e. The van der Waals surface area contributed by atoms with Gasteiger partial charge in [-0.25, -0.2) is 4.79 Å². The Morgan fingerprint density at radius 2 is 1.88 bits per heavy atom. The lowest BCUT2D eigenvalue weighted by atomic mass is 10.1. The molecule has 0 fully saturated rings. The van der Waals surface area contributed by atoms with Gasteiger partial charge < -0.3 is 15.0 Å². The van der Waals surface area contributed by atoms with Crippen LogP contribution in [0.1, 0.15) is 41.5 Å². The summed E-state index contributed by atoms with van der Waals surface area (Å²) in [6, 6.07) is 8.55. The van der Waals surface area contributed by atoms with Crippen molar-refractivity contribution in [3.05, 3.63) is 53.9 Å². The number of hydrogen-bond donors (Lipinski definition) is 1. The average molecular weight is 341 g/mol. The van der Waals surface area contributed by atoms with Crippen LogP contribution in [0.25, 0.3) is 0 Å². The topological polar surface area (TPSA) is 71.5 Å². The molecular weight excluding hydrogens is 318 g/mol. The molecule has 6 heteroatoms. The maximum atomic E-state index is 12.4. The van der Waals surface area contributed by atoms with Gasteiger partial charge in [0.15, 0.2) is 0 Å². The summed E-state index contributed by atoms with van der Waals surface area (Å²) < 4.78 is 5.07. The van der Waals surface area contributed by atoms with E-state index in [-0.39, 0.29) is 11.9 Å². The quantitative estimate of drug-likeness (QED) is 0.782. The van der Waals surface area contributed by atoms with Crippen molar-refractivity contribution in [3.8, 4) is 0 Å². The zero-order valence-electron chi connectivity index (χ0n) is 14.8. The van der Waals surface area contributed by atoms with Gasteiger partial charge in [0.25, 0.3) is 5.91 Å². The highest BCUT2D eigenvalue weighted by Gasteiger charge is 2.16. The van der Waals surface area contributed by atoms with Gasteiger partial charge in [-0.3, -0.25) is 9.78 Å². The molecule has 0 radical (unpaired) electrons. The first kappa shape index (κ1) is 18.4. The molecule has 0 saturated carbocycles. The molecule has 0 aliphatic carbocycles. The van der Waals surface area contributed by atoms with E-state index < -0.39 is 0 Å². The first-order valence-corrected chi connectivity index (χ1v) is 8.38. The number of rotatable bonds is 7. The van der Waals surface area contributed by atoms with Crippen LogP contribution in [-0.2, 0) is 4.74 Å². The molecule has 1 aromatic heterocycles. The number of nitrogens with zero attached hydrogens (tertiary/aromatic N) is 2. The molecule has 25 heavy (non-hydrogen) atoms. The summed E-state index contributed by atoms with van der Waals surface area (Å²) in [5, 5.41) is 2.90. The van der Waals surface area contributed by atoms with E-state index in [2.05, 4.69) is 15.2 Å². The Balaban J connectivity index is 2.35. The smallest absolute Gasteiger partial charge is 0.338 e. The molecule has 0 aliphatic rings. The molecule has 0 aliphatic heterocycles. The Morgan fingerprint density at radius 1 is 1.12 bits per heavy atom. The lowest BCUT2D eigenvalue weighted by molar-refractivity contribution is 0.0526. The first-order valence-electron chi connectivity index (χ1n) is 8.38. The molecule has 1 aromatic carbocycles. The Kier molecular flexibility index (Phi) is 6.51. The van der Waals surface area contributed by atoms with E-state index in [1.54, 1.807) is 43.5 Å². The largest absolute Gasteiger partial charge is 0.462 e. The maximum absolute atomic E-state index is 12.4. The van der Waals surface area contributed by atoms with E-state index in [1.807, 2.05) is 13.8 Å². The lowest BCUT2D eigenvalue weighted by Gasteiger charge is -2.25. The number of pyridine rings is 1. The number of anilines is 2. The number of benzene rings is 1. The van der Waals surface area contributed by atoms with E-state index in [0.717, 1.165) is 18.8 Å². The van der Waals surface area contributed by atoms with Crippen LogP contribution in [0.3, 0.4) is 0 Å².